The third-order valence-corrected chi connectivity index (χ3v) is 4.64. The number of halogens is 3. The van der Waals surface area contributed by atoms with Gasteiger partial charge in [-0.3, -0.25) is 9.59 Å². The summed E-state index contributed by atoms with van der Waals surface area (Å²) < 4.78 is 13.7. The van der Waals surface area contributed by atoms with E-state index in [1.807, 2.05) is 0 Å². The minimum absolute atomic E-state index is 0.0867. The predicted octanol–water partition coefficient (Wildman–Crippen LogP) is 4.90. The SMILES string of the molecule is CC(=O)N(c1ccc(F)cc1NC(=O)c1ccc(Cl)c(Cl)c1)C1CC1. The second kappa shape index (κ2) is 7.02. The molecular weight excluding hydrogens is 366 g/mol. The van der Waals surface area contributed by atoms with Gasteiger partial charge in [0.05, 0.1) is 21.4 Å². The van der Waals surface area contributed by atoms with Crippen LogP contribution in [0.2, 0.25) is 10.0 Å². The molecule has 0 saturated heterocycles. The Hall–Kier alpha value is -2.11. The molecule has 4 nitrogen and oxygen atoms in total. The van der Waals surface area contributed by atoms with E-state index in [9.17, 15) is 14.0 Å². The van der Waals surface area contributed by atoms with E-state index in [4.69, 9.17) is 23.2 Å². The summed E-state index contributed by atoms with van der Waals surface area (Å²) in [6, 6.07) is 8.51. The number of benzene rings is 2. The van der Waals surface area contributed by atoms with Crippen molar-refractivity contribution in [3.63, 3.8) is 0 Å². The minimum atomic E-state index is -0.507. The van der Waals surface area contributed by atoms with Gasteiger partial charge in [-0.15, -0.1) is 0 Å². The lowest BCUT2D eigenvalue weighted by atomic mass is 10.2. The monoisotopic (exact) mass is 380 g/mol. The van der Waals surface area contributed by atoms with Gasteiger partial charge in [0, 0.05) is 18.5 Å². The van der Waals surface area contributed by atoms with Crippen molar-refractivity contribution in [1.82, 2.24) is 0 Å². The Bertz CT molecular complexity index is 853. The molecule has 1 saturated carbocycles. The lowest BCUT2D eigenvalue weighted by molar-refractivity contribution is -0.116. The molecule has 3 rings (SSSR count). The van der Waals surface area contributed by atoms with Crippen LogP contribution in [-0.2, 0) is 4.79 Å². The van der Waals surface area contributed by atoms with E-state index < -0.39 is 11.7 Å². The fourth-order valence-electron chi connectivity index (χ4n) is 2.61. The van der Waals surface area contributed by atoms with Gasteiger partial charge in [0.15, 0.2) is 0 Å². The molecule has 0 radical (unpaired) electrons. The average Bonchev–Trinajstić information content (AvgIpc) is 3.37. The van der Waals surface area contributed by atoms with Gasteiger partial charge in [-0.2, -0.15) is 0 Å². The Labute approximate surface area is 154 Å². The number of anilines is 2. The Morgan fingerprint density at radius 2 is 1.84 bits per heavy atom. The lowest BCUT2D eigenvalue weighted by Crippen LogP contribution is -2.31. The van der Waals surface area contributed by atoms with E-state index in [1.54, 1.807) is 4.90 Å². The molecule has 1 fully saturated rings. The number of carbonyl (C=O) groups excluding carboxylic acids is 2. The van der Waals surface area contributed by atoms with E-state index in [2.05, 4.69) is 5.32 Å². The fourth-order valence-corrected chi connectivity index (χ4v) is 2.90. The first-order valence-electron chi connectivity index (χ1n) is 7.72. The molecule has 2 aromatic rings. The number of hydrogen-bond donors (Lipinski definition) is 1. The third-order valence-electron chi connectivity index (χ3n) is 3.90. The predicted molar refractivity (Wildman–Crippen MR) is 97.0 cm³/mol. The second-order valence-corrected chi connectivity index (χ2v) is 6.68. The summed E-state index contributed by atoms with van der Waals surface area (Å²) >= 11 is 11.8. The maximum absolute atomic E-state index is 13.7. The molecule has 2 amide bonds. The van der Waals surface area contributed by atoms with Crippen LogP contribution in [0.25, 0.3) is 0 Å². The summed E-state index contributed by atoms with van der Waals surface area (Å²) in [4.78, 5) is 26.1. The summed E-state index contributed by atoms with van der Waals surface area (Å²) in [7, 11) is 0. The summed E-state index contributed by atoms with van der Waals surface area (Å²) in [6.07, 6.45) is 1.77. The van der Waals surface area contributed by atoms with Crippen LogP contribution in [0.1, 0.15) is 30.1 Å². The van der Waals surface area contributed by atoms with Crippen molar-refractivity contribution in [2.24, 2.45) is 0 Å². The molecule has 130 valence electrons. The topological polar surface area (TPSA) is 49.4 Å². The molecule has 0 atom stereocenters. The molecule has 0 unspecified atom stereocenters. The van der Waals surface area contributed by atoms with Crippen LogP contribution in [-0.4, -0.2) is 17.9 Å². The maximum atomic E-state index is 13.7. The number of carbonyl (C=O) groups is 2. The highest BCUT2D eigenvalue weighted by molar-refractivity contribution is 6.42. The van der Waals surface area contributed by atoms with Gasteiger partial charge in [0.25, 0.3) is 5.91 Å². The smallest absolute Gasteiger partial charge is 0.255 e. The van der Waals surface area contributed by atoms with Crippen molar-refractivity contribution in [3.8, 4) is 0 Å². The molecule has 7 heteroatoms. The molecule has 2 aromatic carbocycles. The van der Waals surface area contributed by atoms with Crippen molar-refractivity contribution in [2.45, 2.75) is 25.8 Å². The quantitative estimate of drug-likeness (QED) is 0.819. The van der Waals surface area contributed by atoms with Crippen LogP contribution in [0.15, 0.2) is 36.4 Å². The first-order chi connectivity index (χ1) is 11.9. The highest BCUT2D eigenvalue weighted by atomic mass is 35.5. The Morgan fingerprint density at radius 1 is 1.12 bits per heavy atom. The molecule has 1 aliphatic rings. The van der Waals surface area contributed by atoms with E-state index in [1.165, 1.54) is 43.3 Å². The number of nitrogens with zero attached hydrogens (tertiary/aromatic N) is 1. The van der Waals surface area contributed by atoms with Crippen molar-refractivity contribution >= 4 is 46.4 Å². The number of hydrogen-bond acceptors (Lipinski definition) is 2. The number of rotatable bonds is 4. The Balaban J connectivity index is 1.93. The van der Waals surface area contributed by atoms with Gasteiger partial charge in [-0.1, -0.05) is 23.2 Å². The van der Waals surface area contributed by atoms with E-state index in [0.29, 0.717) is 10.7 Å². The van der Waals surface area contributed by atoms with E-state index >= 15 is 0 Å². The van der Waals surface area contributed by atoms with Crippen molar-refractivity contribution in [2.75, 3.05) is 10.2 Å². The Morgan fingerprint density at radius 3 is 2.44 bits per heavy atom. The summed E-state index contributed by atoms with van der Waals surface area (Å²) in [5, 5.41) is 3.24. The van der Waals surface area contributed by atoms with Crippen molar-refractivity contribution < 1.29 is 14.0 Å². The number of amides is 2. The molecule has 0 bridgehead atoms. The first kappa shape index (κ1) is 17.7. The standard InChI is InChI=1S/C18H15Cl2FN2O2/c1-10(24)23(13-4-5-13)17-7-3-12(21)9-16(17)22-18(25)11-2-6-14(19)15(20)8-11/h2-3,6-9,13H,4-5H2,1H3,(H,22,25). The maximum Gasteiger partial charge on any atom is 0.255 e. The van der Waals surface area contributed by atoms with Crippen LogP contribution in [0.4, 0.5) is 15.8 Å². The van der Waals surface area contributed by atoms with Crippen LogP contribution in [0, 0.1) is 5.82 Å². The molecular formula is C18H15Cl2FN2O2. The normalized spacial score (nSPS) is 13.4. The molecule has 0 aliphatic heterocycles. The second-order valence-electron chi connectivity index (χ2n) is 5.86. The van der Waals surface area contributed by atoms with Crippen LogP contribution in [0.3, 0.4) is 0 Å². The lowest BCUT2D eigenvalue weighted by Gasteiger charge is -2.24. The fraction of sp³-hybridized carbons (Fsp3) is 0.222. The zero-order valence-electron chi connectivity index (χ0n) is 13.4. The zero-order valence-corrected chi connectivity index (χ0v) is 14.9. The highest BCUT2D eigenvalue weighted by Crippen LogP contribution is 2.36. The van der Waals surface area contributed by atoms with Gasteiger partial charge in [0.2, 0.25) is 5.91 Å². The van der Waals surface area contributed by atoms with Crippen molar-refractivity contribution in [3.05, 3.63) is 57.8 Å². The zero-order chi connectivity index (χ0) is 18.1. The van der Waals surface area contributed by atoms with Gasteiger partial charge >= 0.3 is 0 Å². The van der Waals surface area contributed by atoms with E-state index in [0.717, 1.165) is 12.8 Å². The molecule has 0 heterocycles. The third kappa shape index (κ3) is 3.94. The van der Waals surface area contributed by atoms with Crippen LogP contribution in [0.5, 0.6) is 0 Å². The van der Waals surface area contributed by atoms with Gasteiger partial charge in [0.1, 0.15) is 5.82 Å². The molecule has 0 aromatic heterocycles. The van der Waals surface area contributed by atoms with Gasteiger partial charge in [-0.05, 0) is 49.2 Å². The van der Waals surface area contributed by atoms with Gasteiger partial charge < -0.3 is 10.2 Å². The average molecular weight is 381 g/mol. The Kier molecular flexibility index (Phi) is 4.97. The summed E-state index contributed by atoms with van der Waals surface area (Å²) in [6.45, 7) is 1.45. The highest BCUT2D eigenvalue weighted by Gasteiger charge is 2.33. The number of nitrogens with one attached hydrogen (secondary N) is 1. The van der Waals surface area contributed by atoms with Crippen LogP contribution >= 0.6 is 23.2 Å². The molecule has 1 aliphatic carbocycles. The summed E-state index contributed by atoms with van der Waals surface area (Å²) in [5.74, 6) is -1.13. The molecule has 1 N–H and O–H groups in total. The van der Waals surface area contributed by atoms with E-state index in [-0.39, 0.29) is 28.2 Å². The molecule has 0 spiro atoms. The summed E-state index contributed by atoms with van der Waals surface area (Å²) in [5.41, 5.74) is 0.994. The van der Waals surface area contributed by atoms with Crippen molar-refractivity contribution in [1.29, 1.82) is 0 Å². The van der Waals surface area contributed by atoms with Gasteiger partial charge in [-0.25, -0.2) is 4.39 Å². The van der Waals surface area contributed by atoms with Crippen LogP contribution < -0.4 is 10.2 Å². The minimum Gasteiger partial charge on any atom is -0.320 e. The first-order valence-corrected chi connectivity index (χ1v) is 8.48. The molecule has 25 heavy (non-hydrogen) atoms. The largest absolute Gasteiger partial charge is 0.320 e.